The van der Waals surface area contributed by atoms with Gasteiger partial charge in [-0.2, -0.15) is 0 Å². The fourth-order valence-corrected chi connectivity index (χ4v) is 3.92. The van der Waals surface area contributed by atoms with E-state index in [0.29, 0.717) is 35.7 Å². The van der Waals surface area contributed by atoms with Gasteiger partial charge in [0.1, 0.15) is 5.76 Å². The minimum absolute atomic E-state index is 0.0368. The lowest BCUT2D eigenvalue weighted by Gasteiger charge is -2.28. The van der Waals surface area contributed by atoms with Crippen molar-refractivity contribution in [2.75, 3.05) is 40.4 Å². The number of hydrogen-bond donors (Lipinski definition) is 1. The molecule has 0 saturated carbocycles. The molecule has 1 unspecified atom stereocenters. The summed E-state index contributed by atoms with van der Waals surface area (Å²) in [6.07, 6.45) is 3.24. The number of likely N-dealkylation sites (N-methyl/N-ethyl adjacent to an activating group) is 1. The van der Waals surface area contributed by atoms with Gasteiger partial charge in [0.2, 0.25) is 0 Å². The van der Waals surface area contributed by atoms with Crippen molar-refractivity contribution in [1.29, 1.82) is 0 Å². The second kappa shape index (κ2) is 10.3. The average molecular weight is 440 g/mol. The molecule has 170 valence electrons. The second-order valence-electron chi connectivity index (χ2n) is 7.38. The molecule has 1 saturated heterocycles. The molecule has 1 aliphatic heterocycles. The first-order valence-electron chi connectivity index (χ1n) is 10.6. The number of likely N-dealkylation sites (tertiary alicyclic amines) is 1. The molecule has 0 aliphatic carbocycles. The number of carbonyl (C=O) groups is 2. The van der Waals surface area contributed by atoms with Crippen molar-refractivity contribution in [2.45, 2.75) is 19.9 Å². The molecule has 1 atom stereocenters. The first-order chi connectivity index (χ1) is 15.5. The minimum Gasteiger partial charge on any atom is -0.507 e. The molecule has 1 aromatic carbocycles. The Morgan fingerprint density at radius 2 is 1.84 bits per heavy atom. The van der Waals surface area contributed by atoms with Gasteiger partial charge in [0.25, 0.3) is 11.7 Å². The molecule has 1 N–H and O–H groups in total. The summed E-state index contributed by atoms with van der Waals surface area (Å²) in [6, 6.07) is 7.67. The zero-order valence-electron chi connectivity index (χ0n) is 18.9. The van der Waals surface area contributed by atoms with Crippen LogP contribution >= 0.6 is 0 Å². The number of Topliss-reactive ketones (excluding diaryl/α,β-unsaturated/α-hetero) is 1. The average Bonchev–Trinajstić information content (AvgIpc) is 3.09. The molecule has 0 radical (unpaired) electrons. The van der Waals surface area contributed by atoms with Gasteiger partial charge in [-0.15, -0.1) is 0 Å². The number of nitrogens with zero attached hydrogens (tertiary/aromatic N) is 3. The van der Waals surface area contributed by atoms with Gasteiger partial charge in [-0.05, 0) is 42.9 Å². The van der Waals surface area contributed by atoms with Crippen molar-refractivity contribution in [3.05, 3.63) is 59.4 Å². The van der Waals surface area contributed by atoms with Crippen LogP contribution in [0.5, 0.6) is 11.5 Å². The quantitative estimate of drug-likeness (QED) is 0.365. The van der Waals surface area contributed by atoms with E-state index in [1.54, 1.807) is 42.7 Å². The fourth-order valence-electron chi connectivity index (χ4n) is 3.92. The van der Waals surface area contributed by atoms with Crippen LogP contribution in [0.15, 0.2) is 48.3 Å². The van der Waals surface area contributed by atoms with E-state index in [4.69, 9.17) is 9.47 Å². The van der Waals surface area contributed by atoms with Crippen molar-refractivity contribution in [2.24, 2.45) is 0 Å². The minimum atomic E-state index is -0.729. The molecule has 8 nitrogen and oxygen atoms in total. The third-order valence-electron chi connectivity index (χ3n) is 5.75. The van der Waals surface area contributed by atoms with E-state index in [0.717, 1.165) is 13.1 Å². The molecule has 3 rings (SSSR count). The number of aromatic nitrogens is 1. The van der Waals surface area contributed by atoms with Crippen molar-refractivity contribution >= 4 is 17.4 Å². The Bertz CT molecular complexity index is 1000. The summed E-state index contributed by atoms with van der Waals surface area (Å²) >= 11 is 0. The maximum absolute atomic E-state index is 13.1. The monoisotopic (exact) mass is 439 g/mol. The van der Waals surface area contributed by atoms with Crippen LogP contribution in [0.2, 0.25) is 0 Å². The molecule has 1 aliphatic rings. The van der Waals surface area contributed by atoms with Crippen molar-refractivity contribution < 1.29 is 24.2 Å². The van der Waals surface area contributed by atoms with Crippen LogP contribution < -0.4 is 9.47 Å². The standard InChI is InChI=1S/C24H29N3O5/c1-5-26(6-2)12-13-27-21(17-8-7-11-25-15-17)20(23(29)24(27)30)22(28)16-9-10-18(31-3)19(14-16)32-4/h7-11,14-15,21,28H,5-6,12-13H2,1-4H3/b22-20+. The highest BCUT2D eigenvalue weighted by atomic mass is 16.5. The molecule has 1 fully saturated rings. The number of amides is 1. The number of aliphatic hydroxyl groups is 1. The van der Waals surface area contributed by atoms with Crippen LogP contribution in [0.4, 0.5) is 0 Å². The van der Waals surface area contributed by atoms with Gasteiger partial charge in [0, 0.05) is 31.0 Å². The number of hydrogen-bond acceptors (Lipinski definition) is 7. The van der Waals surface area contributed by atoms with Crippen LogP contribution in [-0.4, -0.2) is 72.0 Å². The predicted molar refractivity (Wildman–Crippen MR) is 121 cm³/mol. The van der Waals surface area contributed by atoms with Gasteiger partial charge >= 0.3 is 0 Å². The van der Waals surface area contributed by atoms with E-state index in [2.05, 4.69) is 9.88 Å². The third-order valence-corrected chi connectivity index (χ3v) is 5.75. The first kappa shape index (κ1) is 23.3. The Kier molecular flexibility index (Phi) is 7.48. The number of methoxy groups -OCH3 is 2. The topological polar surface area (TPSA) is 92.2 Å². The molecule has 1 amide bonds. The van der Waals surface area contributed by atoms with Crippen LogP contribution in [0.3, 0.4) is 0 Å². The van der Waals surface area contributed by atoms with Crippen LogP contribution in [0, 0.1) is 0 Å². The molecule has 2 heterocycles. The Hall–Kier alpha value is -3.39. The largest absolute Gasteiger partial charge is 0.507 e. The number of rotatable bonds is 9. The Morgan fingerprint density at radius 3 is 2.44 bits per heavy atom. The summed E-state index contributed by atoms with van der Waals surface area (Å²) in [5, 5.41) is 11.2. The lowest BCUT2D eigenvalue weighted by Crippen LogP contribution is -2.38. The second-order valence-corrected chi connectivity index (χ2v) is 7.38. The fraction of sp³-hybridized carbons (Fsp3) is 0.375. The molecular weight excluding hydrogens is 410 g/mol. The number of ketones is 1. The summed E-state index contributed by atoms with van der Waals surface area (Å²) < 4.78 is 10.6. The highest BCUT2D eigenvalue weighted by Crippen LogP contribution is 2.40. The summed E-state index contributed by atoms with van der Waals surface area (Å²) in [5.41, 5.74) is 1.06. The first-order valence-corrected chi connectivity index (χ1v) is 10.6. The molecule has 0 spiro atoms. The van der Waals surface area contributed by atoms with E-state index >= 15 is 0 Å². The van der Waals surface area contributed by atoms with E-state index in [1.807, 2.05) is 13.8 Å². The zero-order valence-corrected chi connectivity index (χ0v) is 18.9. The Morgan fingerprint density at radius 1 is 1.12 bits per heavy atom. The van der Waals surface area contributed by atoms with Crippen molar-refractivity contribution in [1.82, 2.24) is 14.8 Å². The van der Waals surface area contributed by atoms with Crippen molar-refractivity contribution in [3.8, 4) is 11.5 Å². The normalized spacial score (nSPS) is 17.8. The van der Waals surface area contributed by atoms with Crippen LogP contribution in [-0.2, 0) is 9.59 Å². The van der Waals surface area contributed by atoms with Crippen molar-refractivity contribution in [3.63, 3.8) is 0 Å². The Labute approximate surface area is 188 Å². The summed E-state index contributed by atoms with van der Waals surface area (Å²) in [5.74, 6) is -0.708. The number of pyridine rings is 1. The van der Waals surface area contributed by atoms with E-state index in [-0.39, 0.29) is 11.3 Å². The summed E-state index contributed by atoms with van der Waals surface area (Å²) in [6.45, 7) is 6.75. The van der Waals surface area contributed by atoms with Crippen LogP contribution in [0.1, 0.15) is 31.0 Å². The molecule has 0 bridgehead atoms. The van der Waals surface area contributed by atoms with E-state index in [9.17, 15) is 14.7 Å². The SMILES string of the molecule is CCN(CC)CCN1C(=O)C(=O)/C(=C(/O)c2ccc(OC)c(OC)c2)C1c1cccnc1. The lowest BCUT2D eigenvalue weighted by atomic mass is 9.96. The third kappa shape index (κ3) is 4.45. The lowest BCUT2D eigenvalue weighted by molar-refractivity contribution is -0.140. The molecular formula is C24H29N3O5. The maximum atomic E-state index is 13.1. The van der Waals surface area contributed by atoms with Gasteiger partial charge in [-0.3, -0.25) is 14.6 Å². The Balaban J connectivity index is 2.10. The highest BCUT2D eigenvalue weighted by molar-refractivity contribution is 6.46. The van der Waals surface area contributed by atoms with Gasteiger partial charge in [-0.1, -0.05) is 19.9 Å². The van der Waals surface area contributed by atoms with Gasteiger partial charge < -0.3 is 24.4 Å². The number of carbonyl (C=O) groups excluding carboxylic acids is 2. The molecule has 32 heavy (non-hydrogen) atoms. The van der Waals surface area contributed by atoms with Gasteiger partial charge in [0.15, 0.2) is 11.5 Å². The number of ether oxygens (including phenoxy) is 2. The molecule has 8 heteroatoms. The predicted octanol–water partition coefficient (Wildman–Crippen LogP) is 2.86. The number of benzene rings is 1. The zero-order chi connectivity index (χ0) is 23.3. The summed E-state index contributed by atoms with van der Waals surface area (Å²) in [4.78, 5) is 33.9. The smallest absolute Gasteiger partial charge is 0.295 e. The number of aliphatic hydroxyl groups excluding tert-OH is 1. The maximum Gasteiger partial charge on any atom is 0.295 e. The van der Waals surface area contributed by atoms with E-state index < -0.39 is 17.7 Å². The molecule has 1 aromatic heterocycles. The molecule has 2 aromatic rings. The van der Waals surface area contributed by atoms with Gasteiger partial charge in [0.05, 0.1) is 25.8 Å². The highest BCUT2D eigenvalue weighted by Gasteiger charge is 2.46. The van der Waals surface area contributed by atoms with Crippen LogP contribution in [0.25, 0.3) is 5.76 Å². The van der Waals surface area contributed by atoms with Gasteiger partial charge in [-0.25, -0.2) is 0 Å². The summed E-state index contributed by atoms with van der Waals surface area (Å²) in [7, 11) is 3.00. The van der Waals surface area contributed by atoms with E-state index in [1.165, 1.54) is 19.1 Å².